The summed E-state index contributed by atoms with van der Waals surface area (Å²) in [7, 11) is 0. The third-order valence-corrected chi connectivity index (χ3v) is 14.1. The number of rotatable bonds is 9. The first-order valence-corrected chi connectivity index (χ1v) is 13.8. The summed E-state index contributed by atoms with van der Waals surface area (Å²) in [4.78, 5) is 0. The molecule has 0 heterocycles. The van der Waals surface area contributed by atoms with Crippen molar-refractivity contribution in [1.82, 2.24) is 0 Å². The van der Waals surface area contributed by atoms with E-state index in [1.165, 1.54) is 38.5 Å². The fourth-order valence-corrected chi connectivity index (χ4v) is 13.5. The summed E-state index contributed by atoms with van der Waals surface area (Å²) < 4.78 is 5.09. The molecule has 0 radical (unpaired) electrons. The SMILES string of the molecule is CCC[CH2][Hf+]([CH2]CCC)[CH2]CCC.[Br-]. The maximum absolute atomic E-state index is 2.34. The van der Waals surface area contributed by atoms with E-state index < -0.39 is 21.4 Å². The Morgan fingerprint density at radius 1 is 0.643 bits per heavy atom. The van der Waals surface area contributed by atoms with E-state index in [0.717, 1.165) is 0 Å². The van der Waals surface area contributed by atoms with Gasteiger partial charge in [-0.15, -0.1) is 0 Å². The largest absolute Gasteiger partial charge is 1.00 e. The van der Waals surface area contributed by atoms with Crippen LogP contribution in [0.5, 0.6) is 0 Å². The van der Waals surface area contributed by atoms with Gasteiger partial charge in [0.25, 0.3) is 0 Å². The number of halogens is 1. The van der Waals surface area contributed by atoms with E-state index in [1.54, 1.807) is 12.5 Å². The van der Waals surface area contributed by atoms with Gasteiger partial charge in [-0.1, -0.05) is 0 Å². The zero-order valence-electron chi connectivity index (χ0n) is 10.2. The molecule has 0 aliphatic heterocycles. The molecule has 0 aliphatic rings. The smallest absolute Gasteiger partial charge is 1.00 e. The first-order valence-electron chi connectivity index (χ1n) is 6.18. The fourth-order valence-electron chi connectivity index (χ4n) is 1.66. The molecule has 0 fully saturated rings. The molecule has 2 heteroatoms. The van der Waals surface area contributed by atoms with Crippen LogP contribution in [-0.4, -0.2) is 0 Å². The average molecular weight is 430 g/mol. The van der Waals surface area contributed by atoms with Crippen LogP contribution in [0.3, 0.4) is 0 Å². The Balaban J connectivity index is 0. The Kier molecular flexibility index (Phi) is 18.2. The second-order valence-corrected chi connectivity index (χ2v) is 14.8. The van der Waals surface area contributed by atoms with Crippen LogP contribution in [0.1, 0.15) is 59.3 Å². The van der Waals surface area contributed by atoms with E-state index in [9.17, 15) is 0 Å². The Hall–Kier alpha value is 1.35. The van der Waals surface area contributed by atoms with Crippen molar-refractivity contribution in [3.8, 4) is 0 Å². The molecule has 0 amide bonds. The summed E-state index contributed by atoms with van der Waals surface area (Å²) in [5.74, 6) is 0. The van der Waals surface area contributed by atoms with Crippen LogP contribution in [0.4, 0.5) is 0 Å². The molecule has 0 saturated carbocycles. The van der Waals surface area contributed by atoms with Crippen molar-refractivity contribution >= 4 is 0 Å². The zero-order valence-corrected chi connectivity index (χ0v) is 15.4. The average Bonchev–Trinajstić information content (AvgIpc) is 2.17. The number of unbranched alkanes of at least 4 members (excludes halogenated alkanes) is 3. The van der Waals surface area contributed by atoms with Gasteiger partial charge in [-0.25, -0.2) is 0 Å². The van der Waals surface area contributed by atoms with Crippen molar-refractivity contribution < 1.29 is 38.4 Å². The molecule has 0 aromatic heterocycles. The molecule has 0 bridgehead atoms. The van der Waals surface area contributed by atoms with Crippen molar-refractivity contribution in [2.45, 2.75) is 71.8 Å². The van der Waals surface area contributed by atoms with E-state index in [-0.39, 0.29) is 17.0 Å². The van der Waals surface area contributed by atoms with Gasteiger partial charge >= 0.3 is 93.3 Å². The minimum Gasteiger partial charge on any atom is -1.00 e. The molecule has 0 unspecified atom stereocenters. The van der Waals surface area contributed by atoms with Crippen molar-refractivity contribution in [1.29, 1.82) is 0 Å². The maximum Gasteiger partial charge on any atom is -1.00 e. The van der Waals surface area contributed by atoms with E-state index in [4.69, 9.17) is 0 Å². The van der Waals surface area contributed by atoms with Crippen molar-refractivity contribution in [3.05, 3.63) is 0 Å². The first-order chi connectivity index (χ1) is 6.35. The van der Waals surface area contributed by atoms with Crippen LogP contribution >= 0.6 is 0 Å². The van der Waals surface area contributed by atoms with Crippen LogP contribution < -0.4 is 17.0 Å². The third kappa shape index (κ3) is 11.4. The predicted octanol–water partition coefficient (Wildman–Crippen LogP) is 2.26. The maximum atomic E-state index is 2.34. The number of hydrogen-bond donors (Lipinski definition) is 0. The molecule has 0 nitrogen and oxygen atoms in total. The first kappa shape index (κ1) is 17.7. The van der Waals surface area contributed by atoms with Crippen molar-refractivity contribution in [2.75, 3.05) is 0 Å². The molecular formula is C12H27BrHf. The molecule has 0 aromatic carbocycles. The molecule has 0 rings (SSSR count). The molecule has 0 N–H and O–H groups in total. The summed E-state index contributed by atoms with van der Waals surface area (Å²) in [5.41, 5.74) is 0. The Bertz CT molecular complexity index is 77.3. The quantitative estimate of drug-likeness (QED) is 0.493. The second-order valence-electron chi connectivity index (χ2n) is 4.06. The van der Waals surface area contributed by atoms with Gasteiger partial charge in [-0.2, -0.15) is 0 Å². The second kappa shape index (κ2) is 14.4. The fraction of sp³-hybridized carbons (Fsp3) is 1.00. The molecular weight excluding hydrogens is 403 g/mol. The van der Waals surface area contributed by atoms with Gasteiger partial charge < -0.3 is 17.0 Å². The normalized spacial score (nSPS) is 9.64. The predicted molar refractivity (Wildman–Crippen MR) is 59.1 cm³/mol. The van der Waals surface area contributed by atoms with Crippen LogP contribution in [0.2, 0.25) is 12.5 Å². The van der Waals surface area contributed by atoms with Gasteiger partial charge in [0.2, 0.25) is 0 Å². The van der Waals surface area contributed by atoms with Crippen LogP contribution in [0.25, 0.3) is 0 Å². The van der Waals surface area contributed by atoms with E-state index in [0.29, 0.717) is 0 Å². The third-order valence-electron chi connectivity index (χ3n) is 2.65. The van der Waals surface area contributed by atoms with Gasteiger partial charge in [0.1, 0.15) is 0 Å². The van der Waals surface area contributed by atoms with Gasteiger partial charge in [0, 0.05) is 0 Å². The Labute approximate surface area is 110 Å². The molecule has 0 atom stereocenters. The minimum atomic E-state index is -0.995. The molecule has 86 valence electrons. The summed E-state index contributed by atoms with van der Waals surface area (Å²) >= 11 is -0.995. The zero-order chi connectivity index (χ0) is 9.94. The summed E-state index contributed by atoms with van der Waals surface area (Å²) in [6.07, 6.45) is 8.88. The molecule has 0 aliphatic carbocycles. The minimum absolute atomic E-state index is 0. The molecule has 14 heavy (non-hydrogen) atoms. The standard InChI is InChI=1S/3C4H9.BrH.Hf/c3*1-3-4-2;;/h3*1,3-4H2,2H3;1H;/q;;;;+1/p-1. The van der Waals surface area contributed by atoms with Crippen LogP contribution in [0.15, 0.2) is 0 Å². The van der Waals surface area contributed by atoms with Gasteiger partial charge in [-0.3, -0.25) is 0 Å². The monoisotopic (exact) mass is 430 g/mol. The summed E-state index contributed by atoms with van der Waals surface area (Å²) in [6.45, 7) is 7.01. The van der Waals surface area contributed by atoms with E-state index in [1.807, 2.05) is 0 Å². The molecule has 0 spiro atoms. The molecule has 0 saturated heterocycles. The van der Waals surface area contributed by atoms with Crippen LogP contribution in [-0.2, 0) is 21.4 Å². The van der Waals surface area contributed by atoms with Gasteiger partial charge in [-0.05, 0) is 0 Å². The van der Waals surface area contributed by atoms with E-state index >= 15 is 0 Å². The summed E-state index contributed by atoms with van der Waals surface area (Å²) in [5, 5.41) is 0. The topological polar surface area (TPSA) is 0 Å². The Morgan fingerprint density at radius 2 is 0.929 bits per heavy atom. The summed E-state index contributed by atoms with van der Waals surface area (Å²) in [6, 6.07) is 0. The van der Waals surface area contributed by atoms with Crippen LogP contribution in [0, 0.1) is 0 Å². The van der Waals surface area contributed by atoms with Crippen molar-refractivity contribution in [2.24, 2.45) is 0 Å². The van der Waals surface area contributed by atoms with E-state index in [2.05, 4.69) is 20.8 Å². The molecule has 0 aromatic rings. The van der Waals surface area contributed by atoms with Gasteiger partial charge in [0.15, 0.2) is 0 Å². The Morgan fingerprint density at radius 3 is 1.14 bits per heavy atom. The van der Waals surface area contributed by atoms with Crippen molar-refractivity contribution in [3.63, 3.8) is 0 Å². The van der Waals surface area contributed by atoms with Gasteiger partial charge in [0.05, 0.1) is 0 Å². The number of hydrogen-bond acceptors (Lipinski definition) is 0.